The van der Waals surface area contributed by atoms with Crippen LogP contribution in [0.2, 0.25) is 18.1 Å². The summed E-state index contributed by atoms with van der Waals surface area (Å²) in [6.45, 7) is 16.9. The second kappa shape index (κ2) is 8.50. The predicted octanol–water partition coefficient (Wildman–Crippen LogP) is 6.96. The van der Waals surface area contributed by atoms with E-state index in [0.29, 0.717) is 41.3 Å². The molecule has 4 rings (SSSR count). The summed E-state index contributed by atoms with van der Waals surface area (Å²) < 4.78 is 13.1. The Kier molecular flexibility index (Phi) is 6.62. The molecule has 0 aromatic carbocycles. The van der Waals surface area contributed by atoms with Crippen LogP contribution in [-0.2, 0) is 9.16 Å². The molecule has 0 amide bonds. The molecule has 8 atom stereocenters. The number of fused-ring (bicyclic) bond motifs is 2. The summed E-state index contributed by atoms with van der Waals surface area (Å²) in [6, 6.07) is 0. The molecule has 184 valence electrons. The zero-order valence-electron chi connectivity index (χ0n) is 22.2. The molecule has 3 nitrogen and oxygen atoms in total. The monoisotopic (exact) mass is 462 g/mol. The van der Waals surface area contributed by atoms with Crippen LogP contribution in [0.25, 0.3) is 0 Å². The van der Waals surface area contributed by atoms with Crippen LogP contribution < -0.4 is 0 Å². The van der Waals surface area contributed by atoms with Gasteiger partial charge in [-0.2, -0.15) is 0 Å². The Morgan fingerprint density at radius 3 is 2.56 bits per heavy atom. The summed E-state index contributed by atoms with van der Waals surface area (Å²) in [5.74, 6) is 2.53. The van der Waals surface area contributed by atoms with Crippen LogP contribution in [0.1, 0.15) is 86.0 Å². The summed E-state index contributed by atoms with van der Waals surface area (Å²) in [5.41, 5.74) is 2.35. The fraction of sp³-hybridized carbons (Fsp3) is 0.929. The van der Waals surface area contributed by atoms with Crippen molar-refractivity contribution in [3.8, 4) is 0 Å². The van der Waals surface area contributed by atoms with Gasteiger partial charge in [-0.1, -0.05) is 46.3 Å². The lowest BCUT2D eigenvalue weighted by Gasteiger charge is -2.44. The number of aliphatic hydroxyl groups is 1. The second-order valence-corrected chi connectivity index (χ2v) is 18.5. The molecule has 0 aliphatic heterocycles. The SMILES string of the molecule is CO[C@H](/C=C1\CCCC2(C)[C@@H]([C@H](C)CO)CC[C@@H]12)[C@@]12CC(O[Si](C)(C)C(C)(C)C)CC1C2. The third-order valence-corrected chi connectivity index (χ3v) is 15.4. The number of rotatable bonds is 7. The number of hydrogen-bond acceptors (Lipinski definition) is 3. The van der Waals surface area contributed by atoms with Crippen molar-refractivity contribution in [3.05, 3.63) is 11.6 Å². The summed E-state index contributed by atoms with van der Waals surface area (Å²) in [6.07, 6.45) is 13.4. The average Bonchev–Trinajstić information content (AvgIpc) is 3.08. The first-order valence-corrected chi connectivity index (χ1v) is 16.3. The standard InChI is InChI=1S/C28H50O3Si/c1-19(18-29)23-11-12-24-20(10-9-13-27(23,24)5)14-25(30-6)28-16-21(28)15-22(17-28)31-32(7,8)26(2,3)4/h14,19,21-25,29H,9-13,15-18H2,1-8H3/b20-14+/t19-,21?,22?,23-,24+,25-,27?,28+/m1/s1. The van der Waals surface area contributed by atoms with E-state index in [1.165, 1.54) is 51.4 Å². The summed E-state index contributed by atoms with van der Waals surface area (Å²) in [5, 5.41) is 10.1. The lowest BCUT2D eigenvalue weighted by molar-refractivity contribution is 0.0530. The van der Waals surface area contributed by atoms with Gasteiger partial charge in [0, 0.05) is 25.2 Å². The fourth-order valence-corrected chi connectivity index (χ4v) is 9.31. The van der Waals surface area contributed by atoms with Crippen molar-refractivity contribution in [2.24, 2.45) is 34.5 Å². The van der Waals surface area contributed by atoms with Gasteiger partial charge in [-0.05, 0) is 98.6 Å². The van der Waals surface area contributed by atoms with Crippen LogP contribution in [0, 0.1) is 34.5 Å². The number of aliphatic hydroxyl groups excluding tert-OH is 1. The Labute approximate surface area is 198 Å². The molecule has 0 aromatic rings. The molecule has 4 aliphatic rings. The highest BCUT2D eigenvalue weighted by atomic mass is 28.4. The topological polar surface area (TPSA) is 38.7 Å². The van der Waals surface area contributed by atoms with E-state index in [1.807, 2.05) is 7.11 Å². The molecule has 1 N–H and O–H groups in total. The van der Waals surface area contributed by atoms with Crippen molar-refractivity contribution >= 4 is 8.32 Å². The predicted molar refractivity (Wildman–Crippen MR) is 135 cm³/mol. The van der Waals surface area contributed by atoms with E-state index in [0.717, 1.165) is 5.92 Å². The molecule has 4 fully saturated rings. The van der Waals surface area contributed by atoms with Crippen LogP contribution in [0.15, 0.2) is 11.6 Å². The first-order valence-electron chi connectivity index (χ1n) is 13.4. The summed E-state index contributed by atoms with van der Waals surface area (Å²) >= 11 is 0. The number of methoxy groups -OCH3 is 1. The van der Waals surface area contributed by atoms with Gasteiger partial charge in [0.2, 0.25) is 0 Å². The molecule has 0 radical (unpaired) electrons. The highest BCUT2D eigenvalue weighted by molar-refractivity contribution is 6.74. The van der Waals surface area contributed by atoms with Crippen LogP contribution in [-0.4, -0.2) is 39.3 Å². The van der Waals surface area contributed by atoms with E-state index >= 15 is 0 Å². The lowest BCUT2D eigenvalue weighted by atomic mass is 9.61. The minimum atomic E-state index is -1.73. The van der Waals surface area contributed by atoms with Crippen LogP contribution in [0.4, 0.5) is 0 Å². The van der Waals surface area contributed by atoms with Gasteiger partial charge in [0.05, 0.1) is 6.10 Å². The molecule has 32 heavy (non-hydrogen) atoms. The largest absolute Gasteiger partial charge is 0.414 e. The van der Waals surface area contributed by atoms with Crippen molar-refractivity contribution in [3.63, 3.8) is 0 Å². The third-order valence-electron chi connectivity index (χ3n) is 10.9. The second-order valence-electron chi connectivity index (χ2n) is 13.7. The van der Waals surface area contributed by atoms with E-state index in [9.17, 15) is 5.11 Å². The Hall–Kier alpha value is -0.163. The maximum atomic E-state index is 9.84. The van der Waals surface area contributed by atoms with E-state index in [2.05, 4.69) is 53.8 Å². The van der Waals surface area contributed by atoms with Gasteiger partial charge in [0.1, 0.15) is 0 Å². The Bertz CT molecular complexity index is 725. The van der Waals surface area contributed by atoms with E-state index in [1.54, 1.807) is 5.57 Å². The van der Waals surface area contributed by atoms with Crippen molar-refractivity contribution in [1.82, 2.24) is 0 Å². The number of hydrogen-bond donors (Lipinski definition) is 1. The van der Waals surface area contributed by atoms with Gasteiger partial charge >= 0.3 is 0 Å². The molecule has 4 heteroatoms. The van der Waals surface area contributed by atoms with Crippen LogP contribution in [0.3, 0.4) is 0 Å². The maximum absolute atomic E-state index is 9.84. The highest BCUT2D eigenvalue weighted by Gasteiger charge is 2.65. The normalized spacial score (nSPS) is 42.6. The van der Waals surface area contributed by atoms with Gasteiger partial charge in [0.15, 0.2) is 8.32 Å². The Balaban J connectivity index is 1.49. The fourth-order valence-electron chi connectivity index (χ4n) is 7.94. The summed E-state index contributed by atoms with van der Waals surface area (Å²) in [4.78, 5) is 0. The van der Waals surface area contributed by atoms with E-state index in [-0.39, 0.29) is 11.1 Å². The smallest absolute Gasteiger partial charge is 0.192 e. The van der Waals surface area contributed by atoms with Gasteiger partial charge in [-0.25, -0.2) is 0 Å². The molecule has 0 heterocycles. The summed E-state index contributed by atoms with van der Waals surface area (Å²) in [7, 11) is 0.206. The molecule has 3 unspecified atom stereocenters. The highest BCUT2D eigenvalue weighted by Crippen LogP contribution is 2.68. The van der Waals surface area contributed by atoms with Crippen molar-refractivity contribution in [2.45, 2.75) is 116 Å². The molecular formula is C28H50O3Si. The van der Waals surface area contributed by atoms with Gasteiger partial charge in [-0.3, -0.25) is 0 Å². The first kappa shape index (κ1) is 24.9. The van der Waals surface area contributed by atoms with Crippen LogP contribution in [0.5, 0.6) is 0 Å². The van der Waals surface area contributed by atoms with E-state index < -0.39 is 8.32 Å². The van der Waals surface area contributed by atoms with Crippen molar-refractivity contribution in [2.75, 3.05) is 13.7 Å². The Morgan fingerprint density at radius 1 is 1.22 bits per heavy atom. The number of allylic oxidation sites excluding steroid dienone is 1. The molecular weight excluding hydrogens is 412 g/mol. The molecule has 0 spiro atoms. The molecule has 0 saturated heterocycles. The first-order chi connectivity index (χ1) is 14.9. The quantitative estimate of drug-likeness (QED) is 0.328. The third kappa shape index (κ3) is 4.10. The molecule has 4 aliphatic carbocycles. The van der Waals surface area contributed by atoms with Crippen molar-refractivity contribution in [1.29, 1.82) is 0 Å². The lowest BCUT2D eigenvalue weighted by Crippen LogP contribution is -2.44. The van der Waals surface area contributed by atoms with E-state index in [4.69, 9.17) is 9.16 Å². The minimum Gasteiger partial charge on any atom is -0.414 e. The van der Waals surface area contributed by atoms with Gasteiger partial charge in [0.25, 0.3) is 0 Å². The zero-order valence-corrected chi connectivity index (χ0v) is 23.2. The van der Waals surface area contributed by atoms with Crippen molar-refractivity contribution < 1.29 is 14.3 Å². The maximum Gasteiger partial charge on any atom is 0.192 e. The average molecular weight is 463 g/mol. The van der Waals surface area contributed by atoms with Crippen LogP contribution >= 0.6 is 0 Å². The van der Waals surface area contributed by atoms with Gasteiger partial charge in [-0.15, -0.1) is 0 Å². The Morgan fingerprint density at radius 2 is 1.94 bits per heavy atom. The minimum absolute atomic E-state index is 0.243. The van der Waals surface area contributed by atoms with Gasteiger partial charge < -0.3 is 14.3 Å². The molecule has 4 saturated carbocycles. The number of ether oxygens (including phenoxy) is 1. The molecule has 0 bridgehead atoms. The zero-order chi connectivity index (χ0) is 23.5. The molecule has 0 aromatic heterocycles.